The van der Waals surface area contributed by atoms with E-state index in [-0.39, 0.29) is 11.5 Å². The zero-order valence-electron chi connectivity index (χ0n) is 15.5. The molecule has 3 aromatic rings. The molecule has 0 aliphatic heterocycles. The molecule has 0 aliphatic carbocycles. The van der Waals surface area contributed by atoms with E-state index >= 15 is 0 Å². The van der Waals surface area contributed by atoms with Crippen molar-refractivity contribution in [2.45, 2.75) is 20.4 Å². The molecule has 0 fully saturated rings. The van der Waals surface area contributed by atoms with Crippen LogP contribution in [-0.4, -0.2) is 34.5 Å². The number of nitrogens with zero attached hydrogens (tertiary/aromatic N) is 2. The third-order valence-corrected chi connectivity index (χ3v) is 4.32. The van der Waals surface area contributed by atoms with Gasteiger partial charge in [0.15, 0.2) is 0 Å². The quantitative estimate of drug-likeness (QED) is 0.731. The minimum absolute atomic E-state index is 0.0463. The first-order valence-electron chi connectivity index (χ1n) is 8.54. The largest absolute Gasteiger partial charge is 0.357 e. The average molecular weight is 349 g/mol. The first kappa shape index (κ1) is 17.7. The molecule has 1 N–H and O–H groups in total. The lowest BCUT2D eigenvalue weighted by Gasteiger charge is -2.13. The Hall–Kier alpha value is -3.08. The van der Waals surface area contributed by atoms with Gasteiger partial charge in [-0.2, -0.15) is 0 Å². The van der Waals surface area contributed by atoms with Crippen LogP contribution in [0.25, 0.3) is 22.0 Å². The Morgan fingerprint density at radius 1 is 1.23 bits per heavy atom. The highest BCUT2D eigenvalue weighted by Gasteiger charge is 2.14. The predicted octanol–water partition coefficient (Wildman–Crippen LogP) is 3.66. The molecule has 3 rings (SSSR count). The first-order valence-corrected chi connectivity index (χ1v) is 8.54. The third-order valence-electron chi connectivity index (χ3n) is 4.32. The smallest absolute Gasteiger partial charge is 0.275 e. The normalized spacial score (nSPS) is 10.8. The van der Waals surface area contributed by atoms with Crippen LogP contribution in [0.2, 0.25) is 0 Å². The molecule has 0 unspecified atom stereocenters. The number of fused-ring (bicyclic) bond motifs is 1. The highest BCUT2D eigenvalue weighted by molar-refractivity contribution is 5.98. The molecule has 0 saturated heterocycles. The van der Waals surface area contributed by atoms with Gasteiger partial charge in [0.25, 0.3) is 11.5 Å². The first-order chi connectivity index (χ1) is 12.4. The number of rotatable bonds is 4. The highest BCUT2D eigenvalue weighted by Crippen LogP contribution is 2.27. The standard InChI is InChI=1S/C21H23N3O2/c1-14(2)9-11-24-13-18(17-8-10-22-19(17)21(24)26)15-6-5-7-16(12-15)20(25)23(3)4/h5-10,12-13,22H,11H2,1-4H3. The second-order valence-corrected chi connectivity index (χ2v) is 6.83. The Kier molecular flexibility index (Phi) is 4.80. The Bertz CT molecular complexity index is 1050. The van der Waals surface area contributed by atoms with E-state index in [2.05, 4.69) is 4.98 Å². The molecule has 2 heterocycles. The maximum Gasteiger partial charge on any atom is 0.275 e. The molecule has 26 heavy (non-hydrogen) atoms. The van der Waals surface area contributed by atoms with Crippen LogP contribution in [0.1, 0.15) is 24.2 Å². The maximum atomic E-state index is 12.7. The lowest BCUT2D eigenvalue weighted by atomic mass is 10.0. The van der Waals surface area contributed by atoms with Crippen LogP contribution in [0.4, 0.5) is 0 Å². The predicted molar refractivity (Wildman–Crippen MR) is 105 cm³/mol. The summed E-state index contributed by atoms with van der Waals surface area (Å²) in [4.78, 5) is 29.6. The monoisotopic (exact) mass is 349 g/mol. The number of aromatic amines is 1. The van der Waals surface area contributed by atoms with Gasteiger partial charge in [-0.05, 0) is 37.6 Å². The van der Waals surface area contributed by atoms with E-state index in [4.69, 9.17) is 0 Å². The van der Waals surface area contributed by atoms with Crippen molar-refractivity contribution < 1.29 is 4.79 Å². The SMILES string of the molecule is CC(C)=CCn1cc(-c2cccc(C(=O)N(C)C)c2)c2cc[nH]c2c1=O. The molecule has 0 saturated carbocycles. The Morgan fingerprint density at radius 3 is 2.69 bits per heavy atom. The average Bonchev–Trinajstić information content (AvgIpc) is 3.10. The van der Waals surface area contributed by atoms with Crippen molar-refractivity contribution in [1.82, 2.24) is 14.5 Å². The van der Waals surface area contributed by atoms with Crippen molar-refractivity contribution in [2.75, 3.05) is 14.1 Å². The van der Waals surface area contributed by atoms with E-state index in [1.807, 2.05) is 50.4 Å². The summed E-state index contributed by atoms with van der Waals surface area (Å²) in [6.45, 7) is 4.53. The fraction of sp³-hybridized carbons (Fsp3) is 0.238. The van der Waals surface area contributed by atoms with Crippen molar-refractivity contribution in [3.63, 3.8) is 0 Å². The zero-order valence-corrected chi connectivity index (χ0v) is 15.5. The molecule has 1 aromatic carbocycles. The van der Waals surface area contributed by atoms with Gasteiger partial charge >= 0.3 is 0 Å². The van der Waals surface area contributed by atoms with Crippen LogP contribution >= 0.6 is 0 Å². The molecule has 2 aromatic heterocycles. The summed E-state index contributed by atoms with van der Waals surface area (Å²) < 4.78 is 1.70. The number of hydrogen-bond acceptors (Lipinski definition) is 2. The van der Waals surface area contributed by atoms with E-state index in [1.165, 1.54) is 0 Å². The third kappa shape index (κ3) is 3.33. The van der Waals surface area contributed by atoms with Gasteiger partial charge in [-0.25, -0.2) is 0 Å². The van der Waals surface area contributed by atoms with Crippen LogP contribution in [0.5, 0.6) is 0 Å². The number of benzene rings is 1. The summed E-state index contributed by atoms with van der Waals surface area (Å²) in [5, 5.41) is 0.859. The topological polar surface area (TPSA) is 58.1 Å². The number of aromatic nitrogens is 2. The summed E-state index contributed by atoms with van der Waals surface area (Å²) in [7, 11) is 3.47. The van der Waals surface area contributed by atoms with Crippen LogP contribution < -0.4 is 5.56 Å². The van der Waals surface area contributed by atoms with Crippen molar-refractivity contribution >= 4 is 16.8 Å². The van der Waals surface area contributed by atoms with E-state index in [1.54, 1.807) is 35.8 Å². The van der Waals surface area contributed by atoms with Crippen molar-refractivity contribution in [1.29, 1.82) is 0 Å². The van der Waals surface area contributed by atoms with E-state index < -0.39 is 0 Å². The van der Waals surface area contributed by atoms with Crippen LogP contribution in [0, 0.1) is 0 Å². The summed E-state index contributed by atoms with van der Waals surface area (Å²) in [5.74, 6) is -0.0463. The number of amides is 1. The summed E-state index contributed by atoms with van der Waals surface area (Å²) in [6, 6.07) is 9.41. The fourth-order valence-electron chi connectivity index (χ4n) is 2.92. The molecule has 0 atom stereocenters. The van der Waals surface area contributed by atoms with Gasteiger partial charge in [-0.3, -0.25) is 9.59 Å². The van der Waals surface area contributed by atoms with Gasteiger partial charge in [0.1, 0.15) is 5.52 Å². The van der Waals surface area contributed by atoms with Crippen molar-refractivity contribution in [2.24, 2.45) is 0 Å². The number of pyridine rings is 1. The zero-order chi connectivity index (χ0) is 18.8. The summed E-state index contributed by atoms with van der Waals surface area (Å²) in [6.07, 6.45) is 5.67. The van der Waals surface area contributed by atoms with Gasteiger partial charge < -0.3 is 14.5 Å². The van der Waals surface area contributed by atoms with E-state index in [9.17, 15) is 9.59 Å². The van der Waals surface area contributed by atoms with Gasteiger partial charge in [0, 0.05) is 49.5 Å². The second kappa shape index (κ2) is 7.04. The molecule has 0 spiro atoms. The van der Waals surface area contributed by atoms with E-state index in [0.717, 1.165) is 22.1 Å². The Morgan fingerprint density at radius 2 is 2.00 bits per heavy atom. The molecule has 0 bridgehead atoms. The number of hydrogen-bond donors (Lipinski definition) is 1. The Labute approximate surface area is 152 Å². The van der Waals surface area contributed by atoms with Crippen LogP contribution in [0.15, 0.2) is 59.2 Å². The molecule has 5 nitrogen and oxygen atoms in total. The van der Waals surface area contributed by atoms with E-state index in [0.29, 0.717) is 17.6 Å². The minimum atomic E-state index is -0.0493. The van der Waals surface area contributed by atoms with Crippen LogP contribution in [-0.2, 0) is 6.54 Å². The molecule has 0 aliphatic rings. The van der Waals surface area contributed by atoms with Crippen molar-refractivity contribution in [3.8, 4) is 11.1 Å². The number of H-pyrrole nitrogens is 1. The van der Waals surface area contributed by atoms with Crippen LogP contribution in [0.3, 0.4) is 0 Å². The number of carbonyl (C=O) groups is 1. The summed E-state index contributed by atoms with van der Waals surface area (Å²) >= 11 is 0. The van der Waals surface area contributed by atoms with Gasteiger partial charge in [0.2, 0.25) is 0 Å². The van der Waals surface area contributed by atoms with Gasteiger partial charge in [-0.1, -0.05) is 23.8 Å². The summed E-state index contributed by atoms with van der Waals surface area (Å²) in [5.41, 5.74) is 4.15. The molecule has 0 radical (unpaired) electrons. The number of nitrogens with one attached hydrogen (secondary N) is 1. The minimum Gasteiger partial charge on any atom is -0.357 e. The molecule has 1 amide bonds. The number of carbonyl (C=O) groups excluding carboxylic acids is 1. The van der Waals surface area contributed by atoms with Gasteiger partial charge in [0.05, 0.1) is 0 Å². The molecule has 5 heteroatoms. The highest BCUT2D eigenvalue weighted by atomic mass is 16.2. The van der Waals surface area contributed by atoms with Crippen molar-refractivity contribution in [3.05, 3.63) is 70.3 Å². The molecule has 134 valence electrons. The Balaban J connectivity index is 2.19. The second-order valence-electron chi connectivity index (χ2n) is 6.83. The fourth-order valence-corrected chi connectivity index (χ4v) is 2.92. The molecular formula is C21H23N3O2. The number of allylic oxidation sites excluding steroid dienone is 2. The lowest BCUT2D eigenvalue weighted by molar-refractivity contribution is 0.0827. The molecular weight excluding hydrogens is 326 g/mol. The maximum absolute atomic E-state index is 12.7. The van der Waals surface area contributed by atoms with Gasteiger partial charge in [-0.15, -0.1) is 0 Å². The lowest BCUT2D eigenvalue weighted by Crippen LogP contribution is -2.21.